The number of hydrogen-bond acceptors (Lipinski definition) is 13. The molecule has 0 fully saturated rings. The molecule has 0 aromatic heterocycles. The smallest absolute Gasteiger partial charge is 0.311 e. The third kappa shape index (κ3) is 26.7. The second-order valence-corrected chi connectivity index (χ2v) is 30.5. The molecule has 0 saturated heterocycles. The Morgan fingerprint density at radius 3 is 1.64 bits per heavy atom. The van der Waals surface area contributed by atoms with Crippen molar-refractivity contribution in [1.82, 2.24) is 0 Å². The fraction of sp³-hybridized carbons (Fsp3) is 0.708. The van der Waals surface area contributed by atoms with Gasteiger partial charge in [0.25, 0.3) is 0 Å². The maximum absolute atomic E-state index is 6.71. The maximum Gasteiger partial charge on any atom is 0.311 e. The van der Waals surface area contributed by atoms with E-state index in [2.05, 4.69) is 78.4 Å². The molecule has 0 aliphatic carbocycles. The Kier molecular flexibility index (Phi) is 29.2. The summed E-state index contributed by atoms with van der Waals surface area (Å²) >= 11 is 0. The maximum atomic E-state index is 6.71. The van der Waals surface area contributed by atoms with Crippen LogP contribution >= 0.6 is 0 Å². The van der Waals surface area contributed by atoms with Crippen LogP contribution in [0.15, 0.2) is 49.1 Å². The Morgan fingerprint density at radius 1 is 0.578 bits per heavy atom. The van der Waals surface area contributed by atoms with Crippen molar-refractivity contribution in [2.75, 3.05) is 101 Å². The summed E-state index contributed by atoms with van der Waals surface area (Å²) in [5, 5.41) is 0. The first-order valence-electron chi connectivity index (χ1n) is 23.2. The van der Waals surface area contributed by atoms with Crippen molar-refractivity contribution in [1.29, 1.82) is 0 Å². The van der Waals surface area contributed by atoms with Crippen LogP contribution in [0.25, 0.3) is 0 Å². The SMILES string of the molecule is C=CCc1ccc(OCCOC(CC)CC(CC(C)OCCOc2ccc(CCC[Si](C)(C)O[Si](C)(C)O[Si](C)(C)C)cc2OC)OCCOCCOCCOCCOC)c(OC)c1. The predicted molar refractivity (Wildman–Crippen MR) is 263 cm³/mol. The lowest BCUT2D eigenvalue weighted by Crippen LogP contribution is -2.51. The van der Waals surface area contributed by atoms with Crippen molar-refractivity contribution < 1.29 is 60.3 Å². The fourth-order valence-corrected chi connectivity index (χ4v) is 20.5. The highest BCUT2D eigenvalue weighted by molar-refractivity contribution is 6.87. The van der Waals surface area contributed by atoms with Gasteiger partial charge in [-0.1, -0.05) is 25.1 Å². The molecule has 3 atom stereocenters. The van der Waals surface area contributed by atoms with Gasteiger partial charge in [-0.05, 0) is 133 Å². The number of methoxy groups -OCH3 is 3. The van der Waals surface area contributed by atoms with Crippen molar-refractivity contribution in [3.63, 3.8) is 0 Å². The Bertz CT molecular complexity index is 1520. The average Bonchev–Trinajstić information content (AvgIpc) is 3.22. The molecule has 0 heterocycles. The number of allylic oxidation sites excluding steroid dienone is 1. The van der Waals surface area contributed by atoms with Gasteiger partial charge in [0.1, 0.15) is 13.2 Å². The van der Waals surface area contributed by atoms with Gasteiger partial charge in [-0.15, -0.1) is 6.58 Å². The highest BCUT2D eigenvalue weighted by Crippen LogP contribution is 2.31. The van der Waals surface area contributed by atoms with E-state index in [1.165, 1.54) is 5.56 Å². The largest absolute Gasteiger partial charge is 0.493 e. The first kappa shape index (κ1) is 57.8. The van der Waals surface area contributed by atoms with Crippen molar-refractivity contribution in [3.05, 3.63) is 60.2 Å². The predicted octanol–water partition coefficient (Wildman–Crippen LogP) is 9.66. The van der Waals surface area contributed by atoms with Crippen molar-refractivity contribution in [2.24, 2.45) is 0 Å². The normalized spacial score (nSPS) is 13.7. The number of hydrogen-bond donors (Lipinski definition) is 0. The molecule has 368 valence electrons. The van der Waals surface area contributed by atoms with Gasteiger partial charge in [0.05, 0.1) is 98.6 Å². The van der Waals surface area contributed by atoms with E-state index < -0.39 is 25.2 Å². The van der Waals surface area contributed by atoms with Gasteiger partial charge in [-0.3, -0.25) is 0 Å². The van der Waals surface area contributed by atoms with Crippen molar-refractivity contribution >= 4 is 25.2 Å². The second kappa shape index (κ2) is 32.4. The van der Waals surface area contributed by atoms with Crippen LogP contribution in [0.1, 0.15) is 50.7 Å². The summed E-state index contributed by atoms with van der Waals surface area (Å²) in [6.45, 7) is 29.4. The molecule has 0 saturated carbocycles. The van der Waals surface area contributed by atoms with Gasteiger partial charge in [0, 0.05) is 7.11 Å². The third-order valence-corrected chi connectivity index (χ3v) is 20.1. The molecule has 2 rings (SSSR count). The molecule has 0 bridgehead atoms. The molecule has 16 heteroatoms. The number of aryl methyl sites for hydroxylation is 1. The van der Waals surface area contributed by atoms with Gasteiger partial charge in [-0.2, -0.15) is 0 Å². The number of rotatable bonds is 40. The molecule has 2 aromatic rings. The average molecular weight is 955 g/mol. The minimum absolute atomic E-state index is 0.0260. The third-order valence-electron chi connectivity index (χ3n) is 9.93. The molecule has 64 heavy (non-hydrogen) atoms. The van der Waals surface area contributed by atoms with E-state index in [0.717, 1.165) is 43.0 Å². The molecular formula is C48H86O13Si3. The van der Waals surface area contributed by atoms with Crippen molar-refractivity contribution in [3.8, 4) is 23.0 Å². The van der Waals surface area contributed by atoms with E-state index >= 15 is 0 Å². The zero-order valence-corrected chi connectivity index (χ0v) is 44.7. The van der Waals surface area contributed by atoms with Gasteiger partial charge in [0.2, 0.25) is 0 Å². The first-order chi connectivity index (χ1) is 30.5. The minimum Gasteiger partial charge on any atom is -0.493 e. The van der Waals surface area contributed by atoms with E-state index in [9.17, 15) is 0 Å². The summed E-state index contributed by atoms with van der Waals surface area (Å²) in [6.07, 6.45) is 6.63. The van der Waals surface area contributed by atoms with Crippen LogP contribution in [0.3, 0.4) is 0 Å². The van der Waals surface area contributed by atoms with E-state index in [4.69, 9.17) is 60.3 Å². The second-order valence-electron chi connectivity index (χ2n) is 17.9. The molecule has 0 N–H and O–H groups in total. The molecule has 0 amide bonds. The summed E-state index contributed by atoms with van der Waals surface area (Å²) in [5.74, 6) is 2.81. The lowest BCUT2D eigenvalue weighted by Gasteiger charge is -2.37. The topological polar surface area (TPSA) is 120 Å². The van der Waals surface area contributed by atoms with Gasteiger partial charge in [0.15, 0.2) is 39.6 Å². The van der Waals surface area contributed by atoms with Crippen LogP contribution < -0.4 is 18.9 Å². The highest BCUT2D eigenvalue weighted by Gasteiger charge is 2.37. The Morgan fingerprint density at radius 2 is 1.09 bits per heavy atom. The Balaban J connectivity index is 1.88. The van der Waals surface area contributed by atoms with E-state index in [-0.39, 0.29) is 18.3 Å². The monoisotopic (exact) mass is 955 g/mol. The van der Waals surface area contributed by atoms with Crippen LogP contribution in [0.4, 0.5) is 0 Å². The summed E-state index contributed by atoms with van der Waals surface area (Å²) in [5.41, 5.74) is 2.33. The molecule has 13 nitrogen and oxygen atoms in total. The highest BCUT2D eigenvalue weighted by atomic mass is 28.5. The Hall–Kier alpha value is -2.33. The van der Waals surface area contributed by atoms with Crippen LogP contribution in [0.2, 0.25) is 51.9 Å². The summed E-state index contributed by atoms with van der Waals surface area (Å²) in [6, 6.07) is 13.2. The molecule has 2 aromatic carbocycles. The van der Waals surface area contributed by atoms with E-state index in [1.54, 1.807) is 21.3 Å². The van der Waals surface area contributed by atoms with E-state index in [0.29, 0.717) is 109 Å². The lowest BCUT2D eigenvalue weighted by atomic mass is 10.0. The van der Waals surface area contributed by atoms with Gasteiger partial charge >= 0.3 is 8.56 Å². The minimum atomic E-state index is -2.16. The fourth-order valence-electron chi connectivity index (χ4n) is 7.35. The van der Waals surface area contributed by atoms with Gasteiger partial charge < -0.3 is 60.3 Å². The molecule has 0 spiro atoms. The summed E-state index contributed by atoms with van der Waals surface area (Å²) < 4.78 is 77.4. The quantitative estimate of drug-likeness (QED) is 0.0359. The molecule has 3 unspecified atom stereocenters. The molecular weight excluding hydrogens is 869 g/mol. The first-order valence-corrected chi connectivity index (χ1v) is 32.5. The summed E-state index contributed by atoms with van der Waals surface area (Å²) in [7, 11) is -0.707. The standard InChI is InChI=1S/C48H86O13Si3/c1-14-17-41-19-21-45(47(37-41)50-5)59-34-32-56-43(15-2)39-44(57-30-29-54-28-27-53-26-25-52-24-23-49-4)36-40(3)55-31-33-58-46-22-20-42(38-48(46)51-6)18-16-35-63(10,11)61-64(12,13)60-62(7,8)9/h14,19-22,37-38,40,43-44H,1,15-18,23-36,39H2,2-13H3. The lowest BCUT2D eigenvalue weighted by molar-refractivity contribution is -0.0665. The van der Waals surface area contributed by atoms with Crippen LogP contribution in [0, 0.1) is 0 Å². The number of benzene rings is 2. The van der Waals surface area contributed by atoms with Gasteiger partial charge in [-0.25, -0.2) is 0 Å². The van der Waals surface area contributed by atoms with Crippen LogP contribution in [-0.2, 0) is 54.2 Å². The summed E-state index contributed by atoms with van der Waals surface area (Å²) in [4.78, 5) is 0. The Labute approximate surface area is 390 Å². The molecule has 0 aliphatic heterocycles. The van der Waals surface area contributed by atoms with Crippen LogP contribution in [0.5, 0.6) is 23.0 Å². The van der Waals surface area contributed by atoms with E-state index in [1.807, 2.05) is 30.3 Å². The molecule has 0 aliphatic rings. The molecule has 0 radical (unpaired) electrons. The van der Waals surface area contributed by atoms with Crippen molar-refractivity contribution in [2.45, 2.75) is 123 Å². The number of ether oxygens (including phenoxy) is 11. The van der Waals surface area contributed by atoms with Crippen LogP contribution in [-0.4, -0.2) is 144 Å². The zero-order valence-electron chi connectivity index (χ0n) is 41.7. The zero-order chi connectivity index (χ0) is 47.3.